The quantitative estimate of drug-likeness (QED) is 0.809. The normalized spacial score (nSPS) is 35.4. The molecule has 1 aliphatic heterocycles. The number of nitrogens with one attached hydrogen (secondary N) is 1. The highest BCUT2D eigenvalue weighted by Crippen LogP contribution is 2.37. The van der Waals surface area contributed by atoms with Crippen LogP contribution in [0, 0.1) is 17.8 Å². The summed E-state index contributed by atoms with van der Waals surface area (Å²) < 4.78 is 0. The summed E-state index contributed by atoms with van der Waals surface area (Å²) in [5.74, 6) is -0.0173. The van der Waals surface area contributed by atoms with Gasteiger partial charge in [0.2, 0.25) is 17.7 Å². The Balaban J connectivity index is 1.55. The van der Waals surface area contributed by atoms with Crippen molar-refractivity contribution in [3.8, 4) is 0 Å². The number of hydrogen-bond donors (Lipinski definition) is 1. The van der Waals surface area contributed by atoms with Gasteiger partial charge in [0.1, 0.15) is 6.54 Å². The van der Waals surface area contributed by atoms with Crippen molar-refractivity contribution < 1.29 is 14.4 Å². The average molecular weight is 306 g/mol. The smallest absolute Gasteiger partial charge is 0.240 e. The van der Waals surface area contributed by atoms with Crippen LogP contribution in [0.3, 0.4) is 0 Å². The van der Waals surface area contributed by atoms with Crippen molar-refractivity contribution in [3.63, 3.8) is 0 Å². The van der Waals surface area contributed by atoms with E-state index in [0.717, 1.165) is 57.3 Å². The molecule has 22 heavy (non-hydrogen) atoms. The largest absolute Gasteiger partial charge is 0.352 e. The lowest BCUT2D eigenvalue weighted by Crippen LogP contribution is -2.45. The van der Waals surface area contributed by atoms with Gasteiger partial charge in [0.05, 0.1) is 11.8 Å². The van der Waals surface area contributed by atoms with Gasteiger partial charge < -0.3 is 5.32 Å². The topological polar surface area (TPSA) is 66.5 Å². The van der Waals surface area contributed by atoms with E-state index in [-0.39, 0.29) is 42.1 Å². The predicted molar refractivity (Wildman–Crippen MR) is 81.7 cm³/mol. The van der Waals surface area contributed by atoms with Crippen molar-refractivity contribution >= 4 is 17.7 Å². The van der Waals surface area contributed by atoms with Gasteiger partial charge in [0.25, 0.3) is 0 Å². The van der Waals surface area contributed by atoms with Gasteiger partial charge in [-0.2, -0.15) is 0 Å². The second-order valence-corrected chi connectivity index (χ2v) is 7.28. The van der Waals surface area contributed by atoms with E-state index in [9.17, 15) is 14.4 Å². The molecule has 5 heteroatoms. The van der Waals surface area contributed by atoms with E-state index < -0.39 is 0 Å². The maximum absolute atomic E-state index is 12.3. The second-order valence-electron chi connectivity index (χ2n) is 7.28. The molecule has 2 saturated carbocycles. The molecule has 2 unspecified atom stereocenters. The third-order valence-electron chi connectivity index (χ3n) is 5.62. The Labute approximate surface area is 131 Å². The monoisotopic (exact) mass is 306 g/mol. The van der Waals surface area contributed by atoms with Crippen molar-refractivity contribution in [3.05, 3.63) is 0 Å². The molecule has 122 valence electrons. The lowest BCUT2D eigenvalue weighted by atomic mass is 9.81. The molecule has 0 aromatic rings. The summed E-state index contributed by atoms with van der Waals surface area (Å²) >= 11 is 0. The SMILES string of the molecule is CC1CCC(NC(=O)CN2C(=O)C3CCCCC3C2=O)CC1. The highest BCUT2D eigenvalue weighted by atomic mass is 16.2. The Morgan fingerprint density at radius 2 is 1.55 bits per heavy atom. The molecule has 0 aromatic carbocycles. The molecule has 5 nitrogen and oxygen atoms in total. The van der Waals surface area contributed by atoms with E-state index in [1.54, 1.807) is 0 Å². The summed E-state index contributed by atoms with van der Waals surface area (Å²) in [5.41, 5.74) is 0. The fourth-order valence-corrected chi connectivity index (χ4v) is 4.21. The number of hydrogen-bond acceptors (Lipinski definition) is 3. The predicted octanol–water partition coefficient (Wildman–Crippen LogP) is 1.86. The number of nitrogens with zero attached hydrogens (tertiary/aromatic N) is 1. The lowest BCUT2D eigenvalue weighted by molar-refractivity contribution is -0.143. The summed E-state index contributed by atoms with van der Waals surface area (Å²) in [5, 5.41) is 3.00. The zero-order valence-electron chi connectivity index (χ0n) is 13.3. The van der Waals surface area contributed by atoms with Crippen molar-refractivity contribution in [2.75, 3.05) is 6.54 Å². The van der Waals surface area contributed by atoms with Crippen LogP contribution in [0.4, 0.5) is 0 Å². The van der Waals surface area contributed by atoms with Gasteiger partial charge >= 0.3 is 0 Å². The number of amides is 3. The Morgan fingerprint density at radius 3 is 2.09 bits per heavy atom. The van der Waals surface area contributed by atoms with Crippen LogP contribution in [-0.2, 0) is 14.4 Å². The zero-order chi connectivity index (χ0) is 15.7. The van der Waals surface area contributed by atoms with E-state index in [0.29, 0.717) is 0 Å². The minimum Gasteiger partial charge on any atom is -0.352 e. The molecule has 1 N–H and O–H groups in total. The van der Waals surface area contributed by atoms with Crippen LogP contribution in [0.1, 0.15) is 58.3 Å². The third kappa shape index (κ3) is 3.03. The molecule has 3 fully saturated rings. The van der Waals surface area contributed by atoms with Crippen molar-refractivity contribution in [1.82, 2.24) is 10.2 Å². The van der Waals surface area contributed by atoms with Crippen LogP contribution in [0.2, 0.25) is 0 Å². The molecule has 2 aliphatic carbocycles. The molecule has 0 aromatic heterocycles. The first-order chi connectivity index (χ1) is 10.6. The summed E-state index contributed by atoms with van der Waals surface area (Å²) in [6, 6.07) is 0.207. The Hall–Kier alpha value is -1.39. The van der Waals surface area contributed by atoms with Gasteiger partial charge in [0, 0.05) is 6.04 Å². The Morgan fingerprint density at radius 1 is 1.00 bits per heavy atom. The Kier molecular flexibility index (Phi) is 4.50. The summed E-state index contributed by atoms with van der Waals surface area (Å²) in [4.78, 5) is 38.1. The molecule has 3 rings (SSSR count). The van der Waals surface area contributed by atoms with Crippen molar-refractivity contribution in [2.24, 2.45) is 17.8 Å². The average Bonchev–Trinajstić information content (AvgIpc) is 2.75. The molecular formula is C17H26N2O3. The van der Waals surface area contributed by atoms with Gasteiger partial charge in [-0.05, 0) is 44.4 Å². The van der Waals surface area contributed by atoms with Crippen LogP contribution in [0.15, 0.2) is 0 Å². The van der Waals surface area contributed by atoms with E-state index in [4.69, 9.17) is 0 Å². The number of imide groups is 1. The summed E-state index contributed by atoms with van der Waals surface area (Å²) in [6.07, 6.45) is 7.90. The van der Waals surface area contributed by atoms with Crippen molar-refractivity contribution in [2.45, 2.75) is 64.3 Å². The molecule has 0 spiro atoms. The molecular weight excluding hydrogens is 280 g/mol. The number of rotatable bonds is 3. The first-order valence-electron chi connectivity index (χ1n) is 8.71. The number of carbonyl (C=O) groups excluding carboxylic acids is 3. The van der Waals surface area contributed by atoms with Crippen molar-refractivity contribution in [1.29, 1.82) is 0 Å². The number of carbonyl (C=O) groups is 3. The third-order valence-corrected chi connectivity index (χ3v) is 5.62. The molecule has 0 bridgehead atoms. The molecule has 1 heterocycles. The first kappa shape index (κ1) is 15.5. The van der Waals surface area contributed by atoms with E-state index in [2.05, 4.69) is 12.2 Å². The number of likely N-dealkylation sites (tertiary alicyclic amines) is 1. The molecule has 3 aliphatic rings. The highest BCUT2D eigenvalue weighted by Gasteiger charge is 2.48. The van der Waals surface area contributed by atoms with Crippen LogP contribution in [-0.4, -0.2) is 35.2 Å². The van der Waals surface area contributed by atoms with E-state index in [1.807, 2.05) is 0 Å². The highest BCUT2D eigenvalue weighted by molar-refractivity contribution is 6.07. The maximum atomic E-state index is 12.3. The van der Waals surface area contributed by atoms with E-state index in [1.165, 1.54) is 4.90 Å². The zero-order valence-corrected chi connectivity index (χ0v) is 13.3. The van der Waals surface area contributed by atoms with Crippen LogP contribution in [0.25, 0.3) is 0 Å². The maximum Gasteiger partial charge on any atom is 0.240 e. The van der Waals surface area contributed by atoms with Gasteiger partial charge in [-0.25, -0.2) is 0 Å². The van der Waals surface area contributed by atoms with Crippen LogP contribution < -0.4 is 5.32 Å². The Bertz CT molecular complexity index is 445. The summed E-state index contributed by atoms with van der Waals surface area (Å²) in [7, 11) is 0. The second kappa shape index (κ2) is 6.39. The molecule has 1 saturated heterocycles. The van der Waals surface area contributed by atoms with Crippen LogP contribution in [0.5, 0.6) is 0 Å². The first-order valence-corrected chi connectivity index (χ1v) is 8.71. The van der Waals surface area contributed by atoms with Crippen LogP contribution >= 0.6 is 0 Å². The molecule has 0 radical (unpaired) electrons. The fourth-order valence-electron chi connectivity index (χ4n) is 4.21. The van der Waals surface area contributed by atoms with Gasteiger partial charge in [-0.1, -0.05) is 19.8 Å². The van der Waals surface area contributed by atoms with Gasteiger partial charge in [0.15, 0.2) is 0 Å². The van der Waals surface area contributed by atoms with E-state index >= 15 is 0 Å². The summed E-state index contributed by atoms with van der Waals surface area (Å²) in [6.45, 7) is 2.15. The standard InChI is InChI=1S/C17H26N2O3/c1-11-6-8-12(9-7-11)18-15(20)10-19-16(21)13-4-2-3-5-14(13)17(19)22/h11-14H,2-10H2,1H3,(H,18,20). The lowest BCUT2D eigenvalue weighted by Gasteiger charge is -2.27. The molecule has 2 atom stereocenters. The van der Waals surface area contributed by atoms with Gasteiger partial charge in [-0.3, -0.25) is 19.3 Å². The molecule has 3 amide bonds. The fraction of sp³-hybridized carbons (Fsp3) is 0.824. The minimum absolute atomic E-state index is 0.0866. The number of fused-ring (bicyclic) bond motifs is 1. The van der Waals surface area contributed by atoms with Gasteiger partial charge in [-0.15, -0.1) is 0 Å². The minimum atomic E-state index is -0.181.